The third-order valence-corrected chi connectivity index (χ3v) is 5.55. The first-order valence-electron chi connectivity index (χ1n) is 8.87. The van der Waals surface area contributed by atoms with Crippen molar-refractivity contribution in [2.75, 3.05) is 0 Å². The van der Waals surface area contributed by atoms with E-state index in [1.807, 2.05) is 0 Å². The van der Waals surface area contributed by atoms with E-state index in [9.17, 15) is 31.9 Å². The molecule has 1 heterocycles. The van der Waals surface area contributed by atoms with E-state index in [-0.39, 0.29) is 47.2 Å². The maximum Gasteiger partial charge on any atom is 0.406 e. The second kappa shape index (κ2) is 7.30. The Hall–Kier alpha value is -1.67. The highest BCUT2D eigenvalue weighted by Gasteiger charge is 2.42. The van der Waals surface area contributed by atoms with Crippen molar-refractivity contribution in [1.29, 1.82) is 0 Å². The number of hydrogen-bond donors (Lipinski definition) is 1. The van der Waals surface area contributed by atoms with E-state index in [1.165, 1.54) is 18.2 Å². The lowest BCUT2D eigenvalue weighted by atomic mass is 9.79. The Morgan fingerprint density at radius 3 is 2.43 bits per heavy atom. The molecule has 1 saturated carbocycles. The highest BCUT2D eigenvalue weighted by molar-refractivity contribution is 6.37. The molecule has 0 saturated heterocycles. The van der Waals surface area contributed by atoms with Gasteiger partial charge in [-0.15, -0.1) is 0 Å². The molecule has 28 heavy (non-hydrogen) atoms. The van der Waals surface area contributed by atoms with Crippen LogP contribution in [0.1, 0.15) is 48.9 Å². The molecule has 9 heteroatoms. The second-order valence-electron chi connectivity index (χ2n) is 7.42. The Labute approximate surface area is 163 Å². The van der Waals surface area contributed by atoms with Gasteiger partial charge in [0.05, 0.1) is 16.1 Å². The lowest BCUT2D eigenvalue weighted by Crippen LogP contribution is -2.38. The van der Waals surface area contributed by atoms with Crippen molar-refractivity contribution in [1.82, 2.24) is 4.57 Å². The number of halogens is 6. The number of fused-ring (bicyclic) bond motifs is 1. The van der Waals surface area contributed by atoms with Gasteiger partial charge in [-0.25, -0.2) is 8.78 Å². The van der Waals surface area contributed by atoms with Gasteiger partial charge in [0.25, 0.3) is 0 Å². The summed E-state index contributed by atoms with van der Waals surface area (Å²) in [7, 11) is 0. The lowest BCUT2D eigenvalue weighted by Gasteiger charge is -2.35. The molecule has 0 atom stereocenters. The molecule has 1 fully saturated rings. The predicted molar refractivity (Wildman–Crippen MR) is 94.9 cm³/mol. The first-order chi connectivity index (χ1) is 12.9. The lowest BCUT2D eigenvalue weighted by molar-refractivity contribution is -0.139. The third-order valence-electron chi connectivity index (χ3n) is 5.24. The number of nitrogens with zero attached hydrogens (tertiary/aromatic N) is 1. The zero-order valence-corrected chi connectivity index (χ0v) is 15.6. The molecule has 1 aliphatic carbocycles. The van der Waals surface area contributed by atoms with Crippen molar-refractivity contribution in [2.24, 2.45) is 0 Å². The molecule has 154 valence electrons. The summed E-state index contributed by atoms with van der Waals surface area (Å²) in [6, 6.07) is 4.42. The number of aromatic nitrogens is 1. The summed E-state index contributed by atoms with van der Waals surface area (Å²) in [5, 5.41) is 10.8. The van der Waals surface area contributed by atoms with Gasteiger partial charge >= 0.3 is 6.18 Å². The van der Waals surface area contributed by atoms with Gasteiger partial charge in [0.15, 0.2) is 5.78 Å². The Balaban J connectivity index is 1.82. The number of carbonyl (C=O) groups excluding carboxylic acids is 1. The van der Waals surface area contributed by atoms with Gasteiger partial charge in [-0.1, -0.05) is 17.7 Å². The summed E-state index contributed by atoms with van der Waals surface area (Å²) >= 11 is 6.12. The average Bonchev–Trinajstić information content (AvgIpc) is 2.94. The largest absolute Gasteiger partial charge is 0.406 e. The quantitative estimate of drug-likeness (QED) is 0.490. The van der Waals surface area contributed by atoms with Gasteiger partial charge in [-0.3, -0.25) is 4.79 Å². The van der Waals surface area contributed by atoms with Crippen LogP contribution < -0.4 is 0 Å². The summed E-state index contributed by atoms with van der Waals surface area (Å²) in [6.45, 7) is -1.27. The number of alkyl halides is 5. The fourth-order valence-electron chi connectivity index (χ4n) is 3.66. The van der Waals surface area contributed by atoms with Crippen LogP contribution in [0.2, 0.25) is 5.02 Å². The zero-order chi connectivity index (χ0) is 20.7. The summed E-state index contributed by atoms with van der Waals surface area (Å²) in [5.74, 6) is -3.29. The van der Waals surface area contributed by atoms with Crippen molar-refractivity contribution in [2.45, 2.75) is 62.8 Å². The van der Waals surface area contributed by atoms with E-state index in [2.05, 4.69) is 0 Å². The van der Waals surface area contributed by atoms with Crippen LogP contribution in [0.15, 0.2) is 24.4 Å². The molecule has 0 unspecified atom stereocenters. The van der Waals surface area contributed by atoms with Gasteiger partial charge in [0.1, 0.15) is 6.54 Å². The zero-order valence-electron chi connectivity index (χ0n) is 14.8. The fraction of sp³-hybridized carbons (Fsp3) is 0.526. The van der Waals surface area contributed by atoms with Crippen molar-refractivity contribution in [3.63, 3.8) is 0 Å². The molecule has 0 spiro atoms. The van der Waals surface area contributed by atoms with Crippen LogP contribution in [-0.4, -0.2) is 33.2 Å². The number of hydrogen-bond acceptors (Lipinski definition) is 2. The minimum atomic E-state index is -4.48. The standard InChI is InChI=1S/C19H19ClF5NO2/c20-13-2-1-3-14-16(13)12(10-26(14)11-19(23,24)25)15(27)4-5-17(28)6-8-18(21,22)9-7-17/h1-3,10,28H,4-9,11H2. The Bertz CT molecular complexity index is 880. The molecule has 2 aromatic rings. The molecular formula is C19H19ClF5NO2. The van der Waals surface area contributed by atoms with E-state index in [0.717, 1.165) is 10.8 Å². The molecule has 3 nitrogen and oxygen atoms in total. The van der Waals surface area contributed by atoms with Crippen LogP contribution in [0.5, 0.6) is 0 Å². The van der Waals surface area contributed by atoms with Crippen molar-refractivity contribution in [3.8, 4) is 0 Å². The third kappa shape index (κ3) is 4.66. The molecule has 3 rings (SSSR count). The summed E-state index contributed by atoms with van der Waals surface area (Å²) < 4.78 is 66.0. The topological polar surface area (TPSA) is 42.2 Å². The van der Waals surface area contributed by atoms with Crippen LogP contribution >= 0.6 is 11.6 Å². The van der Waals surface area contributed by atoms with Gasteiger partial charge in [-0.05, 0) is 31.4 Å². The molecule has 1 aliphatic rings. The van der Waals surface area contributed by atoms with Gasteiger partial charge in [0, 0.05) is 36.4 Å². The summed E-state index contributed by atoms with van der Waals surface area (Å²) in [4.78, 5) is 12.7. The van der Waals surface area contributed by atoms with Crippen LogP contribution in [0.4, 0.5) is 22.0 Å². The highest BCUT2D eigenvalue weighted by atomic mass is 35.5. The van der Waals surface area contributed by atoms with Crippen molar-refractivity contribution in [3.05, 3.63) is 35.0 Å². The van der Waals surface area contributed by atoms with E-state index < -0.39 is 42.9 Å². The van der Waals surface area contributed by atoms with Crippen molar-refractivity contribution < 1.29 is 31.9 Å². The van der Waals surface area contributed by atoms with Crippen LogP contribution in [0.3, 0.4) is 0 Å². The molecule has 0 aliphatic heterocycles. The maximum absolute atomic E-state index is 13.3. The maximum atomic E-state index is 13.3. The molecular weight excluding hydrogens is 405 g/mol. The first kappa shape index (κ1) is 21.0. The Morgan fingerprint density at radius 2 is 1.82 bits per heavy atom. The average molecular weight is 424 g/mol. The highest BCUT2D eigenvalue weighted by Crippen LogP contribution is 2.41. The molecule has 1 N–H and O–H groups in total. The fourth-order valence-corrected chi connectivity index (χ4v) is 3.93. The summed E-state index contributed by atoms with van der Waals surface area (Å²) in [6.07, 6.45) is -4.70. The molecule has 0 amide bonds. The van der Waals surface area contributed by atoms with E-state index in [1.54, 1.807) is 0 Å². The van der Waals surface area contributed by atoms with Gasteiger partial charge < -0.3 is 9.67 Å². The van der Waals surface area contributed by atoms with Gasteiger partial charge in [0.2, 0.25) is 5.92 Å². The number of carbonyl (C=O) groups is 1. The normalized spacial score (nSPS) is 19.1. The number of aliphatic hydroxyl groups is 1. The monoisotopic (exact) mass is 423 g/mol. The molecule has 0 radical (unpaired) electrons. The van der Waals surface area contributed by atoms with E-state index >= 15 is 0 Å². The first-order valence-corrected chi connectivity index (χ1v) is 9.25. The summed E-state index contributed by atoms with van der Waals surface area (Å²) in [5.41, 5.74) is -1.15. The number of ketones is 1. The predicted octanol–water partition coefficient (Wildman–Crippen LogP) is 5.76. The van der Waals surface area contributed by atoms with Crippen LogP contribution in [-0.2, 0) is 6.54 Å². The second-order valence-corrected chi connectivity index (χ2v) is 7.83. The molecule has 1 aromatic heterocycles. The Morgan fingerprint density at radius 1 is 1.18 bits per heavy atom. The van der Waals surface area contributed by atoms with Gasteiger partial charge in [-0.2, -0.15) is 13.2 Å². The number of Topliss-reactive ketones (excluding diaryl/α,β-unsaturated/α-hetero) is 1. The Kier molecular flexibility index (Phi) is 5.49. The van der Waals surface area contributed by atoms with Crippen LogP contribution in [0, 0.1) is 0 Å². The van der Waals surface area contributed by atoms with Crippen molar-refractivity contribution >= 4 is 28.3 Å². The van der Waals surface area contributed by atoms with E-state index in [0.29, 0.717) is 0 Å². The number of benzene rings is 1. The number of rotatable bonds is 5. The molecule has 0 bridgehead atoms. The molecule has 1 aromatic carbocycles. The SMILES string of the molecule is O=C(CCC1(O)CCC(F)(F)CC1)c1cn(CC(F)(F)F)c2cccc(Cl)c12. The smallest absolute Gasteiger partial charge is 0.390 e. The minimum absolute atomic E-state index is 0.0295. The van der Waals surface area contributed by atoms with E-state index in [4.69, 9.17) is 11.6 Å². The minimum Gasteiger partial charge on any atom is -0.390 e. The van der Waals surface area contributed by atoms with Crippen LogP contribution in [0.25, 0.3) is 10.9 Å².